The number of hydrogen-bond donors (Lipinski definition) is 0. The van der Waals surface area contributed by atoms with Crippen molar-refractivity contribution in [3.63, 3.8) is 0 Å². The fraction of sp³-hybridized carbons (Fsp3) is 0.625. The van der Waals surface area contributed by atoms with Gasteiger partial charge in [0, 0.05) is 12.6 Å². The van der Waals surface area contributed by atoms with E-state index in [0.717, 1.165) is 19.4 Å². The average molecular weight is 293 g/mol. The second-order valence-electron chi connectivity index (χ2n) is 6.43. The molecular formula is C16H23NO2S. The van der Waals surface area contributed by atoms with Crippen LogP contribution >= 0.6 is 0 Å². The molecule has 2 saturated heterocycles. The Hall–Kier alpha value is -0.870. The number of sulfone groups is 1. The zero-order valence-electron chi connectivity index (χ0n) is 12.1. The summed E-state index contributed by atoms with van der Waals surface area (Å²) >= 11 is 0. The number of fused-ring (bicyclic) bond motifs is 1. The van der Waals surface area contributed by atoms with E-state index >= 15 is 0 Å². The Kier molecular flexibility index (Phi) is 3.63. The monoisotopic (exact) mass is 293 g/mol. The van der Waals surface area contributed by atoms with Crippen LogP contribution in [-0.2, 0) is 9.84 Å². The molecule has 1 aromatic carbocycles. The van der Waals surface area contributed by atoms with Crippen molar-refractivity contribution in [2.75, 3.05) is 13.1 Å². The lowest BCUT2D eigenvalue weighted by molar-refractivity contribution is 0.0888. The van der Waals surface area contributed by atoms with Crippen LogP contribution in [0.2, 0.25) is 0 Å². The van der Waals surface area contributed by atoms with E-state index in [-0.39, 0.29) is 0 Å². The Morgan fingerprint density at radius 1 is 1.15 bits per heavy atom. The van der Waals surface area contributed by atoms with Gasteiger partial charge in [-0.25, -0.2) is 8.42 Å². The topological polar surface area (TPSA) is 37.4 Å². The van der Waals surface area contributed by atoms with Crippen LogP contribution in [0.4, 0.5) is 0 Å². The van der Waals surface area contributed by atoms with Crippen LogP contribution in [0.5, 0.6) is 0 Å². The summed E-state index contributed by atoms with van der Waals surface area (Å²) in [4.78, 5) is 2.88. The molecule has 3 rings (SSSR count). The lowest BCUT2D eigenvalue weighted by atomic mass is 9.88. The van der Waals surface area contributed by atoms with E-state index < -0.39 is 14.6 Å². The first kappa shape index (κ1) is 14.1. The summed E-state index contributed by atoms with van der Waals surface area (Å²) < 4.78 is 25.3. The van der Waals surface area contributed by atoms with Gasteiger partial charge >= 0.3 is 0 Å². The molecular weight excluding hydrogens is 270 g/mol. The molecule has 2 aliphatic heterocycles. The Balaban J connectivity index is 1.89. The van der Waals surface area contributed by atoms with Gasteiger partial charge in [-0.2, -0.15) is 0 Å². The third-order valence-corrected chi connectivity index (χ3v) is 7.52. The quantitative estimate of drug-likeness (QED) is 0.841. The summed E-state index contributed by atoms with van der Waals surface area (Å²) in [5.41, 5.74) is 0. The van der Waals surface area contributed by atoms with Gasteiger partial charge in [0.25, 0.3) is 0 Å². The van der Waals surface area contributed by atoms with Crippen LogP contribution < -0.4 is 0 Å². The van der Waals surface area contributed by atoms with Gasteiger partial charge in [0.15, 0.2) is 9.84 Å². The maximum Gasteiger partial charge on any atom is 0.185 e. The minimum atomic E-state index is -3.25. The maximum absolute atomic E-state index is 13.0. The molecule has 2 atom stereocenters. The van der Waals surface area contributed by atoms with Gasteiger partial charge in [0.05, 0.1) is 9.64 Å². The summed E-state index contributed by atoms with van der Waals surface area (Å²) in [6.07, 6.45) is 5.54. The summed E-state index contributed by atoms with van der Waals surface area (Å²) in [6, 6.07) is 9.54. The molecule has 0 spiro atoms. The molecule has 2 fully saturated rings. The SMILES string of the molecule is C[C@@]1(S(=O)(=O)c2ccccc2)CC[C@H]2CCCCN2C1. The van der Waals surface area contributed by atoms with Gasteiger partial charge in [-0.3, -0.25) is 4.90 Å². The van der Waals surface area contributed by atoms with Crippen molar-refractivity contribution in [1.29, 1.82) is 0 Å². The van der Waals surface area contributed by atoms with Crippen LogP contribution in [-0.4, -0.2) is 37.2 Å². The molecule has 20 heavy (non-hydrogen) atoms. The molecule has 0 radical (unpaired) electrons. The molecule has 4 heteroatoms. The number of rotatable bonds is 2. The van der Waals surface area contributed by atoms with Crippen molar-refractivity contribution < 1.29 is 8.42 Å². The number of nitrogens with zero attached hydrogens (tertiary/aromatic N) is 1. The summed E-state index contributed by atoms with van der Waals surface area (Å²) in [6.45, 7) is 3.68. The lowest BCUT2D eigenvalue weighted by Crippen LogP contribution is -2.56. The smallest absolute Gasteiger partial charge is 0.185 e. The minimum absolute atomic E-state index is 0.470. The average Bonchev–Trinajstić information content (AvgIpc) is 2.48. The Labute approximate surface area is 121 Å². The fourth-order valence-electron chi connectivity index (χ4n) is 3.68. The normalized spacial score (nSPS) is 31.8. The van der Waals surface area contributed by atoms with Crippen LogP contribution in [0.15, 0.2) is 35.2 Å². The van der Waals surface area contributed by atoms with E-state index in [0.29, 0.717) is 17.5 Å². The zero-order chi connectivity index (χ0) is 14.2. The predicted molar refractivity (Wildman–Crippen MR) is 80.5 cm³/mol. The first-order valence-corrected chi connectivity index (χ1v) is 9.05. The van der Waals surface area contributed by atoms with E-state index in [4.69, 9.17) is 0 Å². The van der Waals surface area contributed by atoms with Gasteiger partial charge in [0.1, 0.15) is 0 Å². The van der Waals surface area contributed by atoms with Crippen LogP contribution in [0.25, 0.3) is 0 Å². The van der Waals surface area contributed by atoms with E-state index in [9.17, 15) is 8.42 Å². The highest BCUT2D eigenvalue weighted by atomic mass is 32.2. The van der Waals surface area contributed by atoms with Gasteiger partial charge in [-0.15, -0.1) is 0 Å². The third kappa shape index (κ3) is 2.29. The summed E-state index contributed by atoms with van der Waals surface area (Å²) in [7, 11) is -3.25. The first-order valence-electron chi connectivity index (χ1n) is 7.57. The van der Waals surface area contributed by atoms with Crippen molar-refractivity contribution in [1.82, 2.24) is 4.90 Å². The van der Waals surface area contributed by atoms with Crippen molar-refractivity contribution in [2.24, 2.45) is 0 Å². The van der Waals surface area contributed by atoms with E-state index in [1.807, 2.05) is 25.1 Å². The van der Waals surface area contributed by atoms with Crippen LogP contribution in [0.1, 0.15) is 39.0 Å². The van der Waals surface area contributed by atoms with Crippen molar-refractivity contribution in [3.05, 3.63) is 30.3 Å². The number of benzene rings is 1. The third-order valence-electron chi connectivity index (χ3n) is 5.00. The minimum Gasteiger partial charge on any atom is -0.299 e. The highest BCUT2D eigenvalue weighted by Gasteiger charge is 2.46. The van der Waals surface area contributed by atoms with Crippen molar-refractivity contribution >= 4 is 9.84 Å². The summed E-state index contributed by atoms with van der Waals surface area (Å²) in [5, 5.41) is 0. The van der Waals surface area contributed by atoms with Crippen LogP contribution in [0.3, 0.4) is 0 Å². The van der Waals surface area contributed by atoms with E-state index in [1.54, 1.807) is 12.1 Å². The van der Waals surface area contributed by atoms with E-state index in [2.05, 4.69) is 4.90 Å². The lowest BCUT2D eigenvalue weighted by Gasteiger charge is -2.47. The molecule has 0 N–H and O–H groups in total. The first-order chi connectivity index (χ1) is 9.53. The largest absolute Gasteiger partial charge is 0.299 e. The molecule has 0 amide bonds. The Morgan fingerprint density at radius 3 is 2.65 bits per heavy atom. The summed E-state index contributed by atoms with van der Waals surface area (Å²) in [5.74, 6) is 0. The second kappa shape index (κ2) is 5.15. The van der Waals surface area contributed by atoms with Gasteiger partial charge < -0.3 is 0 Å². The number of hydrogen-bond acceptors (Lipinski definition) is 3. The van der Waals surface area contributed by atoms with E-state index in [1.165, 1.54) is 19.3 Å². The Morgan fingerprint density at radius 2 is 1.90 bits per heavy atom. The second-order valence-corrected chi connectivity index (χ2v) is 8.89. The molecule has 1 aromatic rings. The standard InChI is InChI=1S/C16H23NO2S/c1-16(20(18,19)15-8-3-2-4-9-15)11-10-14-7-5-6-12-17(14)13-16/h2-4,8-9,14H,5-7,10-13H2,1H3/t14-,16-/m1/s1. The van der Waals surface area contributed by atoms with Crippen LogP contribution in [0, 0.1) is 0 Å². The Bertz CT molecular complexity index is 569. The van der Waals surface area contributed by atoms with Gasteiger partial charge in [-0.05, 0) is 51.3 Å². The van der Waals surface area contributed by atoms with Crippen molar-refractivity contribution in [3.8, 4) is 0 Å². The molecule has 0 saturated carbocycles. The molecule has 2 heterocycles. The zero-order valence-corrected chi connectivity index (χ0v) is 12.9. The molecule has 0 aromatic heterocycles. The highest BCUT2D eigenvalue weighted by Crippen LogP contribution is 2.38. The molecule has 110 valence electrons. The maximum atomic E-state index is 13.0. The molecule has 0 unspecified atom stereocenters. The van der Waals surface area contributed by atoms with Gasteiger partial charge in [-0.1, -0.05) is 24.6 Å². The highest BCUT2D eigenvalue weighted by molar-refractivity contribution is 7.92. The van der Waals surface area contributed by atoms with Crippen molar-refractivity contribution in [2.45, 2.75) is 54.7 Å². The predicted octanol–water partition coefficient (Wildman–Crippen LogP) is 2.87. The molecule has 2 aliphatic rings. The fourth-order valence-corrected chi connectivity index (χ4v) is 5.49. The molecule has 0 aliphatic carbocycles. The van der Waals surface area contributed by atoms with Gasteiger partial charge in [0.2, 0.25) is 0 Å². The molecule has 0 bridgehead atoms. The number of piperidine rings is 2. The molecule has 3 nitrogen and oxygen atoms in total.